The SMILES string of the molecule is CC1CC(C)(CN=C=O)CC(C)(N=C=O)C1. The molecule has 0 aromatic heterocycles. The Hall–Kier alpha value is -1.24. The minimum absolute atomic E-state index is 0.0653. The molecule has 0 spiro atoms. The van der Waals surface area contributed by atoms with Crippen molar-refractivity contribution in [2.75, 3.05) is 6.54 Å². The first-order chi connectivity index (χ1) is 7.43. The van der Waals surface area contributed by atoms with Gasteiger partial charge in [-0.1, -0.05) is 13.8 Å². The van der Waals surface area contributed by atoms with E-state index in [0.29, 0.717) is 12.5 Å². The second-order valence-corrected chi connectivity index (χ2v) is 5.61. The number of hydrogen-bond donors (Lipinski definition) is 0. The summed E-state index contributed by atoms with van der Waals surface area (Å²) in [5.74, 6) is 0.475. The van der Waals surface area contributed by atoms with Gasteiger partial charge in [0, 0.05) is 0 Å². The van der Waals surface area contributed by atoms with Crippen LogP contribution in [0.1, 0.15) is 40.0 Å². The van der Waals surface area contributed by atoms with Gasteiger partial charge in [-0.15, -0.1) is 0 Å². The van der Waals surface area contributed by atoms with E-state index in [1.54, 1.807) is 12.2 Å². The van der Waals surface area contributed by atoms with Crippen LogP contribution in [0.2, 0.25) is 0 Å². The molecule has 0 saturated heterocycles. The number of carbonyl (C=O) groups excluding carboxylic acids is 2. The second kappa shape index (κ2) is 4.73. The molecule has 1 aliphatic carbocycles. The van der Waals surface area contributed by atoms with Crippen molar-refractivity contribution in [2.45, 2.75) is 45.6 Å². The molecule has 1 fully saturated rings. The van der Waals surface area contributed by atoms with Gasteiger partial charge in [0.25, 0.3) is 0 Å². The van der Waals surface area contributed by atoms with Crippen molar-refractivity contribution in [3.05, 3.63) is 0 Å². The summed E-state index contributed by atoms with van der Waals surface area (Å²) in [6.45, 7) is 6.66. The van der Waals surface area contributed by atoms with E-state index >= 15 is 0 Å². The molecule has 1 rings (SSSR count). The summed E-state index contributed by atoms with van der Waals surface area (Å²) in [5.41, 5.74) is -0.420. The second-order valence-electron chi connectivity index (χ2n) is 5.61. The van der Waals surface area contributed by atoms with E-state index in [4.69, 9.17) is 0 Å². The quantitative estimate of drug-likeness (QED) is 0.543. The van der Waals surface area contributed by atoms with Crippen molar-refractivity contribution >= 4 is 12.2 Å². The minimum atomic E-state index is -0.355. The van der Waals surface area contributed by atoms with E-state index in [0.717, 1.165) is 19.3 Å². The van der Waals surface area contributed by atoms with Gasteiger partial charge in [-0.2, -0.15) is 4.99 Å². The summed E-state index contributed by atoms with van der Waals surface area (Å²) in [4.78, 5) is 28.2. The third-order valence-electron chi connectivity index (χ3n) is 3.28. The van der Waals surface area contributed by atoms with Crippen LogP contribution >= 0.6 is 0 Å². The Morgan fingerprint density at radius 1 is 1.25 bits per heavy atom. The molecule has 0 aromatic rings. The molecule has 0 bridgehead atoms. The summed E-state index contributed by atoms with van der Waals surface area (Å²) >= 11 is 0. The van der Waals surface area contributed by atoms with Crippen LogP contribution in [0.25, 0.3) is 0 Å². The van der Waals surface area contributed by atoms with Crippen LogP contribution in [0.15, 0.2) is 9.98 Å². The molecule has 0 heterocycles. The molecule has 3 atom stereocenters. The van der Waals surface area contributed by atoms with Crippen molar-refractivity contribution in [1.29, 1.82) is 0 Å². The number of aliphatic imine (C=N–C) groups is 2. The Morgan fingerprint density at radius 3 is 2.50 bits per heavy atom. The molecule has 4 heteroatoms. The third kappa shape index (κ3) is 3.13. The maximum absolute atomic E-state index is 10.4. The van der Waals surface area contributed by atoms with E-state index in [1.807, 2.05) is 6.92 Å². The molecule has 4 nitrogen and oxygen atoms in total. The molecular formula is C12H18N2O2. The topological polar surface area (TPSA) is 58.9 Å². The van der Waals surface area contributed by atoms with Crippen LogP contribution in [0.3, 0.4) is 0 Å². The largest absolute Gasteiger partial charge is 0.235 e. The average molecular weight is 222 g/mol. The van der Waals surface area contributed by atoms with Crippen molar-refractivity contribution < 1.29 is 9.59 Å². The summed E-state index contributed by atoms with van der Waals surface area (Å²) in [7, 11) is 0. The lowest BCUT2D eigenvalue weighted by molar-refractivity contribution is 0.111. The Bertz CT molecular complexity index is 356. The Morgan fingerprint density at radius 2 is 1.94 bits per heavy atom. The zero-order chi connectivity index (χ0) is 12.2. The lowest BCUT2D eigenvalue weighted by Crippen LogP contribution is -2.41. The fourth-order valence-corrected chi connectivity index (χ4v) is 3.27. The molecule has 1 saturated carbocycles. The van der Waals surface area contributed by atoms with Gasteiger partial charge >= 0.3 is 0 Å². The molecule has 3 unspecified atom stereocenters. The predicted octanol–water partition coefficient (Wildman–Crippen LogP) is 2.24. The van der Waals surface area contributed by atoms with Crippen molar-refractivity contribution in [1.82, 2.24) is 0 Å². The zero-order valence-electron chi connectivity index (χ0n) is 10.1. The van der Waals surface area contributed by atoms with Gasteiger partial charge in [0.05, 0.1) is 12.1 Å². The molecule has 0 aliphatic heterocycles. The molecule has 1 aliphatic rings. The molecule has 0 N–H and O–H groups in total. The van der Waals surface area contributed by atoms with Gasteiger partial charge in [-0.05, 0) is 37.5 Å². The van der Waals surface area contributed by atoms with Crippen LogP contribution in [0, 0.1) is 11.3 Å². The van der Waals surface area contributed by atoms with E-state index in [-0.39, 0.29) is 11.0 Å². The Balaban J connectivity index is 2.89. The van der Waals surface area contributed by atoms with Gasteiger partial charge in [-0.3, -0.25) is 0 Å². The summed E-state index contributed by atoms with van der Waals surface area (Å²) in [5, 5.41) is 0. The van der Waals surface area contributed by atoms with Crippen molar-refractivity contribution in [3.63, 3.8) is 0 Å². The first kappa shape index (κ1) is 12.8. The van der Waals surface area contributed by atoms with E-state index in [2.05, 4.69) is 23.8 Å². The predicted molar refractivity (Wildman–Crippen MR) is 60.6 cm³/mol. The van der Waals surface area contributed by atoms with Crippen molar-refractivity contribution in [2.24, 2.45) is 21.3 Å². The van der Waals surface area contributed by atoms with E-state index < -0.39 is 0 Å². The fourth-order valence-electron chi connectivity index (χ4n) is 3.27. The van der Waals surface area contributed by atoms with E-state index in [1.165, 1.54) is 0 Å². The number of nitrogens with zero attached hydrogens (tertiary/aromatic N) is 2. The van der Waals surface area contributed by atoms with Crippen LogP contribution < -0.4 is 0 Å². The molecular weight excluding hydrogens is 204 g/mol. The minimum Gasteiger partial charge on any atom is -0.211 e. The Kier molecular flexibility index (Phi) is 3.79. The highest BCUT2D eigenvalue weighted by Gasteiger charge is 2.42. The first-order valence-electron chi connectivity index (χ1n) is 5.56. The number of isocyanates is 2. The normalized spacial score (nSPS) is 38.3. The lowest BCUT2D eigenvalue weighted by Gasteiger charge is -2.43. The molecule has 0 aromatic carbocycles. The fraction of sp³-hybridized carbons (Fsp3) is 0.833. The Labute approximate surface area is 95.9 Å². The van der Waals surface area contributed by atoms with Crippen LogP contribution in [-0.4, -0.2) is 24.2 Å². The summed E-state index contributed by atoms with van der Waals surface area (Å²) in [6, 6.07) is 0. The maximum atomic E-state index is 10.4. The first-order valence-corrected chi connectivity index (χ1v) is 5.56. The standard InChI is InChI=1S/C12H18N2O2/c1-10-4-11(2,7-13-8-15)6-12(3,5-10)14-9-16/h10H,4-7H2,1-3H3. The van der Waals surface area contributed by atoms with Gasteiger partial charge in [0.15, 0.2) is 0 Å². The summed E-state index contributed by atoms with van der Waals surface area (Å²) < 4.78 is 0. The molecule has 16 heavy (non-hydrogen) atoms. The summed E-state index contributed by atoms with van der Waals surface area (Å²) in [6.07, 6.45) is 5.90. The van der Waals surface area contributed by atoms with Gasteiger partial charge in [0.1, 0.15) is 0 Å². The van der Waals surface area contributed by atoms with Crippen LogP contribution in [0.5, 0.6) is 0 Å². The molecule has 0 radical (unpaired) electrons. The highest BCUT2D eigenvalue weighted by Crippen LogP contribution is 2.45. The average Bonchev–Trinajstić information content (AvgIpc) is 2.12. The van der Waals surface area contributed by atoms with Gasteiger partial charge < -0.3 is 0 Å². The maximum Gasteiger partial charge on any atom is 0.235 e. The number of hydrogen-bond acceptors (Lipinski definition) is 4. The number of rotatable bonds is 3. The van der Waals surface area contributed by atoms with Gasteiger partial charge in [0.2, 0.25) is 12.2 Å². The molecule has 88 valence electrons. The zero-order valence-corrected chi connectivity index (χ0v) is 10.1. The van der Waals surface area contributed by atoms with Gasteiger partial charge in [-0.25, -0.2) is 14.6 Å². The van der Waals surface area contributed by atoms with Crippen LogP contribution in [-0.2, 0) is 9.59 Å². The third-order valence-corrected chi connectivity index (χ3v) is 3.28. The highest BCUT2D eigenvalue weighted by atomic mass is 16.1. The van der Waals surface area contributed by atoms with E-state index in [9.17, 15) is 9.59 Å². The van der Waals surface area contributed by atoms with Crippen molar-refractivity contribution in [3.8, 4) is 0 Å². The monoisotopic (exact) mass is 222 g/mol. The molecule has 0 amide bonds. The van der Waals surface area contributed by atoms with Crippen LogP contribution in [0.4, 0.5) is 0 Å². The smallest absolute Gasteiger partial charge is 0.211 e. The lowest BCUT2D eigenvalue weighted by atomic mass is 9.64. The highest BCUT2D eigenvalue weighted by molar-refractivity contribution is 5.35.